The van der Waals surface area contributed by atoms with Gasteiger partial charge in [-0.05, 0) is 25.1 Å². The Morgan fingerprint density at radius 2 is 1.96 bits per heavy atom. The van der Waals surface area contributed by atoms with Gasteiger partial charge in [-0.3, -0.25) is 4.79 Å². The Kier molecular flexibility index (Phi) is 7.03. The van der Waals surface area contributed by atoms with E-state index in [1.165, 1.54) is 30.3 Å². The van der Waals surface area contributed by atoms with E-state index in [1.807, 2.05) is 6.07 Å². The van der Waals surface area contributed by atoms with Crippen LogP contribution in [0.3, 0.4) is 0 Å². The van der Waals surface area contributed by atoms with Crippen molar-refractivity contribution < 1.29 is 32.2 Å². The predicted molar refractivity (Wildman–Crippen MR) is 92.2 cm³/mol. The predicted octanol–water partition coefficient (Wildman–Crippen LogP) is 3.31. The third-order valence-corrected chi connectivity index (χ3v) is 3.14. The number of alkyl halides is 3. The smallest absolute Gasteiger partial charge is 0.422 e. The van der Waals surface area contributed by atoms with Crippen molar-refractivity contribution in [3.63, 3.8) is 0 Å². The molecular weight excluding hydrogens is 379 g/mol. The molecule has 1 N–H and O–H groups in total. The van der Waals surface area contributed by atoms with E-state index in [2.05, 4.69) is 15.0 Å². The largest absolute Gasteiger partial charge is 0.490 e. The second-order valence-electron chi connectivity index (χ2n) is 5.33. The summed E-state index contributed by atoms with van der Waals surface area (Å²) in [5, 5.41) is 11.4. The second kappa shape index (κ2) is 9.45. The zero-order valence-corrected chi connectivity index (χ0v) is 14.7. The highest BCUT2D eigenvalue weighted by Crippen LogP contribution is 2.28. The molecule has 0 atom stereocenters. The molecule has 2 rings (SSSR count). The van der Waals surface area contributed by atoms with E-state index in [1.54, 1.807) is 6.92 Å². The van der Waals surface area contributed by atoms with Crippen LogP contribution in [0.4, 0.5) is 18.9 Å². The molecule has 28 heavy (non-hydrogen) atoms. The summed E-state index contributed by atoms with van der Waals surface area (Å²) in [6.07, 6.45) is -3.30. The normalized spacial score (nSPS) is 10.7. The van der Waals surface area contributed by atoms with Crippen molar-refractivity contribution in [2.45, 2.75) is 13.1 Å². The average Bonchev–Trinajstić information content (AvgIpc) is 2.66. The maximum Gasteiger partial charge on any atom is 0.422 e. The summed E-state index contributed by atoms with van der Waals surface area (Å²) in [6, 6.07) is 9.08. The van der Waals surface area contributed by atoms with Gasteiger partial charge in [-0.1, -0.05) is 0 Å². The van der Waals surface area contributed by atoms with Crippen LogP contribution >= 0.6 is 0 Å². The molecule has 10 heteroatoms. The number of benzene rings is 1. The molecule has 1 amide bonds. The number of hydrogen-bond acceptors (Lipinski definition) is 6. The van der Waals surface area contributed by atoms with Crippen molar-refractivity contribution in [2.24, 2.45) is 0 Å². The minimum Gasteiger partial charge on any atom is -0.490 e. The third kappa shape index (κ3) is 6.68. The summed E-state index contributed by atoms with van der Waals surface area (Å²) in [5.74, 6) is -0.102. The highest BCUT2D eigenvalue weighted by molar-refractivity contribution is 5.91. The molecule has 0 aliphatic carbocycles. The summed E-state index contributed by atoms with van der Waals surface area (Å²) in [4.78, 5) is 15.7. The number of carbonyl (C=O) groups excluding carboxylic acids is 1. The molecule has 0 aliphatic heterocycles. The van der Waals surface area contributed by atoms with E-state index >= 15 is 0 Å². The molecule has 1 heterocycles. The number of nitrogens with zero attached hydrogens (tertiary/aromatic N) is 2. The number of nitriles is 1. The SMILES string of the molecule is CCOc1cc(C#N)ccc1OCC(=O)Nc1ccc(OCC(F)(F)F)nc1. The summed E-state index contributed by atoms with van der Waals surface area (Å²) in [5.41, 5.74) is 0.650. The topological polar surface area (TPSA) is 93.5 Å². The Morgan fingerprint density at radius 1 is 1.18 bits per heavy atom. The van der Waals surface area contributed by atoms with Crippen molar-refractivity contribution in [3.05, 3.63) is 42.1 Å². The van der Waals surface area contributed by atoms with Crippen molar-refractivity contribution in [1.29, 1.82) is 5.26 Å². The standard InChI is InChI=1S/C18H16F3N3O4/c1-2-26-15-7-12(8-22)3-5-14(15)27-10-16(25)24-13-4-6-17(23-9-13)28-11-18(19,20)21/h3-7,9H,2,10-11H2,1H3,(H,24,25). The first-order chi connectivity index (χ1) is 13.3. The van der Waals surface area contributed by atoms with Crippen LogP contribution < -0.4 is 19.5 Å². The number of anilines is 1. The molecular formula is C18H16F3N3O4. The van der Waals surface area contributed by atoms with Crippen molar-refractivity contribution in [1.82, 2.24) is 4.98 Å². The van der Waals surface area contributed by atoms with Gasteiger partial charge in [0.25, 0.3) is 5.91 Å². The number of rotatable bonds is 8. The van der Waals surface area contributed by atoms with Gasteiger partial charge in [-0.15, -0.1) is 0 Å². The number of ether oxygens (including phenoxy) is 3. The van der Waals surface area contributed by atoms with Gasteiger partial charge in [0, 0.05) is 12.1 Å². The maximum atomic E-state index is 12.1. The van der Waals surface area contributed by atoms with Gasteiger partial charge in [-0.2, -0.15) is 18.4 Å². The van der Waals surface area contributed by atoms with Crippen LogP contribution in [0, 0.1) is 11.3 Å². The van der Waals surface area contributed by atoms with Crippen LogP contribution in [0.15, 0.2) is 36.5 Å². The summed E-state index contributed by atoms with van der Waals surface area (Å²) in [6.45, 7) is 0.321. The number of nitrogens with one attached hydrogen (secondary N) is 1. The highest BCUT2D eigenvalue weighted by atomic mass is 19.4. The summed E-state index contributed by atoms with van der Waals surface area (Å²) in [7, 11) is 0. The Bertz CT molecular complexity index is 849. The molecule has 1 aromatic carbocycles. The van der Waals surface area contributed by atoms with E-state index < -0.39 is 18.7 Å². The second-order valence-corrected chi connectivity index (χ2v) is 5.33. The van der Waals surface area contributed by atoms with E-state index in [4.69, 9.17) is 14.7 Å². The summed E-state index contributed by atoms with van der Waals surface area (Å²) >= 11 is 0. The molecule has 2 aromatic rings. The van der Waals surface area contributed by atoms with E-state index in [0.29, 0.717) is 23.7 Å². The molecule has 0 radical (unpaired) electrons. The molecule has 0 aliphatic rings. The zero-order valence-electron chi connectivity index (χ0n) is 14.7. The number of halogens is 3. The fraction of sp³-hybridized carbons (Fsp3) is 0.278. The minimum absolute atomic E-state index is 0.217. The van der Waals surface area contributed by atoms with Crippen molar-refractivity contribution >= 4 is 11.6 Å². The average molecular weight is 395 g/mol. The first-order valence-electron chi connectivity index (χ1n) is 8.06. The lowest BCUT2D eigenvalue weighted by Gasteiger charge is -2.12. The fourth-order valence-electron chi connectivity index (χ4n) is 2.00. The maximum absolute atomic E-state index is 12.1. The lowest BCUT2D eigenvalue weighted by Crippen LogP contribution is -2.21. The van der Waals surface area contributed by atoms with Gasteiger partial charge < -0.3 is 19.5 Å². The molecule has 0 spiro atoms. The minimum atomic E-state index is -4.46. The lowest BCUT2D eigenvalue weighted by molar-refractivity contribution is -0.154. The van der Waals surface area contributed by atoms with Crippen LogP contribution in [0.2, 0.25) is 0 Å². The molecule has 0 unspecified atom stereocenters. The molecule has 0 fully saturated rings. The summed E-state index contributed by atoms with van der Waals surface area (Å²) < 4.78 is 51.5. The van der Waals surface area contributed by atoms with Crippen molar-refractivity contribution in [3.8, 4) is 23.4 Å². The number of carbonyl (C=O) groups is 1. The fourth-order valence-corrected chi connectivity index (χ4v) is 2.00. The monoisotopic (exact) mass is 395 g/mol. The third-order valence-electron chi connectivity index (χ3n) is 3.14. The number of hydrogen-bond donors (Lipinski definition) is 1. The molecule has 0 saturated heterocycles. The molecule has 7 nitrogen and oxygen atoms in total. The van der Waals surface area contributed by atoms with Crippen LogP contribution in [0.5, 0.6) is 17.4 Å². The highest BCUT2D eigenvalue weighted by Gasteiger charge is 2.28. The van der Waals surface area contributed by atoms with Crippen LogP contribution in [-0.4, -0.2) is 36.9 Å². The lowest BCUT2D eigenvalue weighted by atomic mass is 10.2. The first-order valence-corrected chi connectivity index (χ1v) is 8.06. The van der Waals surface area contributed by atoms with Gasteiger partial charge >= 0.3 is 6.18 Å². The van der Waals surface area contributed by atoms with Crippen LogP contribution in [0.25, 0.3) is 0 Å². The van der Waals surface area contributed by atoms with Gasteiger partial charge in [0.2, 0.25) is 5.88 Å². The van der Waals surface area contributed by atoms with Gasteiger partial charge in [0.15, 0.2) is 24.7 Å². The zero-order chi connectivity index (χ0) is 20.6. The number of pyridine rings is 1. The Balaban J connectivity index is 1.90. The van der Waals surface area contributed by atoms with E-state index in [-0.39, 0.29) is 18.2 Å². The Morgan fingerprint density at radius 3 is 2.57 bits per heavy atom. The Hall–Kier alpha value is -3.48. The van der Waals surface area contributed by atoms with Gasteiger partial charge in [-0.25, -0.2) is 4.98 Å². The van der Waals surface area contributed by atoms with E-state index in [0.717, 1.165) is 6.20 Å². The molecule has 0 saturated carbocycles. The molecule has 1 aromatic heterocycles. The Labute approximate surface area is 158 Å². The van der Waals surface area contributed by atoms with E-state index in [9.17, 15) is 18.0 Å². The van der Waals surface area contributed by atoms with Gasteiger partial charge in [0.05, 0.1) is 30.1 Å². The first kappa shape index (κ1) is 20.8. The van der Waals surface area contributed by atoms with Crippen LogP contribution in [-0.2, 0) is 4.79 Å². The number of amides is 1. The molecule has 0 bridgehead atoms. The van der Waals surface area contributed by atoms with Crippen molar-refractivity contribution in [2.75, 3.05) is 25.1 Å². The van der Waals surface area contributed by atoms with Crippen LogP contribution in [0.1, 0.15) is 12.5 Å². The quantitative estimate of drug-likeness (QED) is 0.737. The molecule has 148 valence electrons. The van der Waals surface area contributed by atoms with Gasteiger partial charge in [0.1, 0.15) is 0 Å². The number of aromatic nitrogens is 1.